The quantitative estimate of drug-likeness (QED) is 0.196. The van der Waals surface area contributed by atoms with Gasteiger partial charge in [0, 0.05) is 13.3 Å². The molecule has 0 radical (unpaired) electrons. The lowest BCUT2D eigenvalue weighted by Crippen LogP contribution is -2.68. The summed E-state index contributed by atoms with van der Waals surface area (Å²) in [6.45, 7) is 6.92. The molecule has 1 amide bonds. The van der Waals surface area contributed by atoms with Gasteiger partial charge in [-0.2, -0.15) is 0 Å². The molecule has 4 aliphatic rings. The Hall–Kier alpha value is -1.50. The van der Waals surface area contributed by atoms with Crippen LogP contribution in [-0.4, -0.2) is 131 Å². The van der Waals surface area contributed by atoms with Gasteiger partial charge in [-0.1, -0.05) is 0 Å². The van der Waals surface area contributed by atoms with Crippen molar-refractivity contribution in [3.63, 3.8) is 0 Å². The first-order valence-corrected chi connectivity index (χ1v) is 12.8. The Morgan fingerprint density at radius 1 is 1.00 bits per heavy atom. The van der Waals surface area contributed by atoms with Crippen molar-refractivity contribution in [2.75, 3.05) is 20.3 Å². The normalized spacial score (nSPS) is 42.2. The number of hydrogen-bond acceptors (Lipinski definition) is 14. The van der Waals surface area contributed by atoms with Crippen molar-refractivity contribution in [3.8, 4) is 0 Å². The second-order valence-electron chi connectivity index (χ2n) is 11.1. The van der Waals surface area contributed by atoms with Gasteiger partial charge >= 0.3 is 5.97 Å². The van der Waals surface area contributed by atoms with E-state index in [0.717, 1.165) is 7.11 Å². The maximum absolute atomic E-state index is 13.0. The molecule has 0 aliphatic carbocycles. The van der Waals surface area contributed by atoms with Crippen LogP contribution in [0.5, 0.6) is 0 Å². The van der Waals surface area contributed by atoms with Crippen molar-refractivity contribution in [1.82, 2.24) is 5.32 Å². The molecule has 15 heteroatoms. The van der Waals surface area contributed by atoms with Crippen LogP contribution in [0.25, 0.3) is 0 Å². The third kappa shape index (κ3) is 6.08. The molecule has 4 saturated heterocycles. The minimum absolute atomic E-state index is 0.342. The summed E-state index contributed by atoms with van der Waals surface area (Å²) >= 11 is 0. The minimum atomic E-state index is -2.29. The summed E-state index contributed by atoms with van der Waals surface area (Å²) in [7, 11) is 1.08. The highest BCUT2D eigenvalue weighted by Crippen LogP contribution is 2.45. The Labute approximate surface area is 225 Å². The van der Waals surface area contributed by atoms with E-state index in [2.05, 4.69) is 5.32 Å². The van der Waals surface area contributed by atoms with Gasteiger partial charge < -0.3 is 63.6 Å². The smallest absolute Gasteiger partial charge is 0.366 e. The van der Waals surface area contributed by atoms with Crippen LogP contribution >= 0.6 is 0 Å². The van der Waals surface area contributed by atoms with Gasteiger partial charge in [0.25, 0.3) is 5.79 Å². The molecule has 11 atom stereocenters. The predicted octanol–water partition coefficient (Wildman–Crippen LogP) is -2.36. The van der Waals surface area contributed by atoms with Crippen molar-refractivity contribution in [2.45, 2.75) is 120 Å². The first kappa shape index (κ1) is 30.5. The van der Waals surface area contributed by atoms with Crippen LogP contribution in [0, 0.1) is 0 Å². The van der Waals surface area contributed by atoms with E-state index in [-0.39, 0.29) is 6.61 Å². The van der Waals surface area contributed by atoms with Crippen molar-refractivity contribution in [3.05, 3.63) is 0 Å². The largest absolute Gasteiger partial charge is 0.465 e. The van der Waals surface area contributed by atoms with E-state index in [4.69, 9.17) is 37.9 Å². The fourth-order valence-electron chi connectivity index (χ4n) is 5.47. The summed E-state index contributed by atoms with van der Waals surface area (Å²) in [4.78, 5) is 24.8. The van der Waals surface area contributed by atoms with Crippen molar-refractivity contribution in [1.29, 1.82) is 0 Å². The highest BCUT2D eigenvalue weighted by Gasteiger charge is 2.62. The number of hydrogen-bond donors (Lipinski definition) is 5. The van der Waals surface area contributed by atoms with Crippen LogP contribution in [0.2, 0.25) is 0 Å². The van der Waals surface area contributed by atoms with Gasteiger partial charge in [-0.15, -0.1) is 0 Å². The van der Waals surface area contributed by atoms with Gasteiger partial charge in [-0.05, 0) is 27.7 Å². The number of carbonyl (C=O) groups is 2. The number of rotatable bonds is 8. The molecule has 0 bridgehead atoms. The van der Waals surface area contributed by atoms with Gasteiger partial charge in [0.2, 0.25) is 5.91 Å². The molecule has 0 unspecified atom stereocenters. The van der Waals surface area contributed by atoms with Crippen LogP contribution in [-0.2, 0) is 47.5 Å². The van der Waals surface area contributed by atoms with Gasteiger partial charge in [-0.3, -0.25) is 4.79 Å². The molecule has 15 nitrogen and oxygen atoms in total. The first-order valence-electron chi connectivity index (χ1n) is 12.8. The number of methoxy groups -OCH3 is 1. The van der Waals surface area contributed by atoms with E-state index in [1.165, 1.54) is 6.92 Å². The summed E-state index contributed by atoms with van der Waals surface area (Å²) in [5.41, 5.74) is 0. The summed E-state index contributed by atoms with van der Waals surface area (Å²) in [5, 5.41) is 43.5. The van der Waals surface area contributed by atoms with E-state index in [1.54, 1.807) is 27.7 Å². The second kappa shape index (κ2) is 11.1. The van der Waals surface area contributed by atoms with Gasteiger partial charge in [0.05, 0.1) is 32.5 Å². The number of amides is 1. The van der Waals surface area contributed by atoms with Gasteiger partial charge in [-0.25, -0.2) is 4.79 Å². The zero-order valence-corrected chi connectivity index (χ0v) is 22.8. The molecular weight excluding hydrogens is 526 g/mol. The Bertz CT molecular complexity index is 915. The summed E-state index contributed by atoms with van der Waals surface area (Å²) in [5.74, 6) is -5.84. The monoisotopic (exact) mass is 565 g/mol. The second-order valence-corrected chi connectivity index (χ2v) is 11.1. The van der Waals surface area contributed by atoms with Crippen LogP contribution in [0.1, 0.15) is 41.0 Å². The van der Waals surface area contributed by atoms with E-state index >= 15 is 0 Å². The Morgan fingerprint density at radius 3 is 2.23 bits per heavy atom. The number of aliphatic hydroxyl groups excluding tert-OH is 4. The van der Waals surface area contributed by atoms with Crippen molar-refractivity contribution < 1.29 is 67.9 Å². The molecular formula is C24H39NO14. The average molecular weight is 566 g/mol. The topological polar surface area (TPSA) is 201 Å². The standard InChI is InChI=1S/C24H39NO14/c1-10(27)25-14-11(28)7-24(21(31)32-6,38-17(14)15(30)12(29)8-26)33-9-13-16-18(36-22(2,3)35-16)19-20(34-13)39-23(4,5)37-19/h11-20,26,28-30H,7-9H2,1-6H3,(H,25,27)/t11-,12+,13+,14+,15+,16-,17+,18-,19+,20+,24+/m0/s1. The van der Waals surface area contributed by atoms with Gasteiger partial charge in [0.15, 0.2) is 17.9 Å². The molecule has 0 aromatic heterocycles. The van der Waals surface area contributed by atoms with Crippen LogP contribution in [0.4, 0.5) is 0 Å². The summed E-state index contributed by atoms with van der Waals surface area (Å²) in [6, 6.07) is -1.25. The Balaban J connectivity index is 1.60. The first-order chi connectivity index (χ1) is 18.1. The molecule has 0 aromatic carbocycles. The molecule has 4 fully saturated rings. The number of ether oxygens (including phenoxy) is 8. The van der Waals surface area contributed by atoms with Crippen LogP contribution in [0.15, 0.2) is 0 Å². The maximum Gasteiger partial charge on any atom is 0.366 e. The van der Waals surface area contributed by atoms with Crippen molar-refractivity contribution in [2.24, 2.45) is 0 Å². The molecule has 4 aliphatic heterocycles. The predicted molar refractivity (Wildman–Crippen MR) is 125 cm³/mol. The summed E-state index contributed by atoms with van der Waals surface area (Å²) in [6.07, 6.45) is -10.7. The fourth-order valence-corrected chi connectivity index (χ4v) is 5.47. The molecule has 224 valence electrons. The lowest BCUT2D eigenvalue weighted by Gasteiger charge is -2.47. The van der Waals surface area contributed by atoms with E-state index < -0.39 is 103 Å². The van der Waals surface area contributed by atoms with E-state index in [1.807, 2.05) is 0 Å². The molecule has 0 aromatic rings. The van der Waals surface area contributed by atoms with Gasteiger partial charge in [0.1, 0.15) is 42.7 Å². The van der Waals surface area contributed by atoms with E-state index in [0.29, 0.717) is 0 Å². The lowest BCUT2D eigenvalue weighted by atomic mass is 9.88. The Morgan fingerprint density at radius 2 is 1.62 bits per heavy atom. The lowest BCUT2D eigenvalue weighted by molar-refractivity contribution is -0.326. The number of esters is 1. The number of aliphatic hydroxyl groups is 4. The average Bonchev–Trinajstić information content (AvgIpc) is 3.35. The fraction of sp³-hybridized carbons (Fsp3) is 0.917. The number of fused-ring (bicyclic) bond motifs is 3. The molecule has 4 rings (SSSR count). The Kier molecular flexibility index (Phi) is 8.64. The third-order valence-corrected chi connectivity index (χ3v) is 7.09. The number of nitrogens with one attached hydrogen (secondary N) is 1. The number of carbonyl (C=O) groups excluding carboxylic acids is 2. The SMILES string of the molecule is COC(=O)[C@@]1(OC[C@H]2O[C@@H]3OC(C)(C)O[C@@H]3[C@H]3OC(C)(C)O[C@H]32)C[C@H](O)[C@@H](NC(C)=O)[C@H]([C@H](O)[C@H](O)CO)O1. The van der Waals surface area contributed by atoms with Crippen molar-refractivity contribution >= 4 is 11.9 Å². The highest BCUT2D eigenvalue weighted by atomic mass is 16.9. The zero-order valence-electron chi connectivity index (χ0n) is 22.8. The van der Waals surface area contributed by atoms with Crippen LogP contribution in [0.3, 0.4) is 0 Å². The molecule has 4 heterocycles. The highest BCUT2D eigenvalue weighted by molar-refractivity contribution is 5.78. The molecule has 0 spiro atoms. The minimum Gasteiger partial charge on any atom is -0.465 e. The van der Waals surface area contributed by atoms with Crippen LogP contribution < -0.4 is 5.32 Å². The molecule has 0 saturated carbocycles. The molecule has 5 N–H and O–H groups in total. The maximum atomic E-state index is 13.0. The third-order valence-electron chi connectivity index (χ3n) is 7.09. The summed E-state index contributed by atoms with van der Waals surface area (Å²) < 4.78 is 46.9. The van der Waals surface area contributed by atoms with E-state index in [9.17, 15) is 30.0 Å². The zero-order chi connectivity index (χ0) is 28.9. The molecule has 39 heavy (non-hydrogen) atoms.